The van der Waals surface area contributed by atoms with Crippen LogP contribution in [0.3, 0.4) is 0 Å². The Morgan fingerprint density at radius 3 is 2.62 bits per heavy atom. The first-order valence-corrected chi connectivity index (χ1v) is 7.09. The van der Waals surface area contributed by atoms with Crippen LogP contribution < -0.4 is 11.2 Å². The summed E-state index contributed by atoms with van der Waals surface area (Å²) >= 11 is 6.09. The summed E-state index contributed by atoms with van der Waals surface area (Å²) in [4.78, 5) is 27.6. The van der Waals surface area contributed by atoms with Gasteiger partial charge in [0.1, 0.15) is 5.15 Å². The van der Waals surface area contributed by atoms with Gasteiger partial charge in [0, 0.05) is 6.61 Å². The molecule has 110 valence electrons. The van der Waals surface area contributed by atoms with Gasteiger partial charge in [-0.3, -0.25) is 14.3 Å². The van der Waals surface area contributed by atoms with Crippen LogP contribution in [0.1, 0.15) is 13.3 Å². The molecule has 5 nitrogen and oxygen atoms in total. The minimum atomic E-state index is -0.640. The van der Waals surface area contributed by atoms with Crippen molar-refractivity contribution in [1.82, 2.24) is 9.55 Å². The van der Waals surface area contributed by atoms with Gasteiger partial charge in [0.25, 0.3) is 5.56 Å². The minimum Gasteiger partial charge on any atom is -0.379 e. The Hall–Kier alpha value is -1.85. The number of hydrogen-bond donors (Lipinski definition) is 1. The first-order chi connectivity index (χ1) is 10.0. The summed E-state index contributed by atoms with van der Waals surface area (Å²) in [6, 6.07) is 9.08. The van der Waals surface area contributed by atoms with Crippen LogP contribution in [0.5, 0.6) is 0 Å². The molecule has 1 aliphatic heterocycles. The summed E-state index contributed by atoms with van der Waals surface area (Å²) < 4.78 is 6.59. The van der Waals surface area contributed by atoms with E-state index in [0.717, 1.165) is 0 Å². The van der Waals surface area contributed by atoms with Gasteiger partial charge in [0.2, 0.25) is 0 Å². The molecule has 1 fully saturated rings. The Kier molecular flexibility index (Phi) is 3.47. The molecule has 2 heterocycles. The number of nitrogens with one attached hydrogen (secondary N) is 1. The molecule has 21 heavy (non-hydrogen) atoms. The van der Waals surface area contributed by atoms with Crippen LogP contribution in [0.4, 0.5) is 0 Å². The van der Waals surface area contributed by atoms with Crippen LogP contribution in [0, 0.1) is 0 Å². The zero-order valence-electron chi connectivity index (χ0n) is 11.6. The number of aromatic nitrogens is 2. The van der Waals surface area contributed by atoms with Crippen molar-refractivity contribution in [3.05, 3.63) is 56.3 Å². The van der Waals surface area contributed by atoms with Crippen LogP contribution in [0.25, 0.3) is 11.1 Å². The maximum Gasteiger partial charge on any atom is 0.330 e. The maximum atomic E-state index is 12.8. The van der Waals surface area contributed by atoms with Crippen molar-refractivity contribution in [3.63, 3.8) is 0 Å². The molecule has 0 bridgehead atoms. The third-order valence-electron chi connectivity index (χ3n) is 3.86. The van der Waals surface area contributed by atoms with E-state index >= 15 is 0 Å². The Balaban J connectivity index is 2.29. The molecule has 1 atom stereocenters. The molecule has 6 heteroatoms. The van der Waals surface area contributed by atoms with E-state index in [2.05, 4.69) is 4.98 Å². The van der Waals surface area contributed by atoms with E-state index in [0.29, 0.717) is 30.8 Å². The molecular formula is C15H15ClN2O3. The summed E-state index contributed by atoms with van der Waals surface area (Å²) in [5.74, 6) is 0. The number of ether oxygens (including phenoxy) is 1. The first kappa shape index (κ1) is 14.1. The molecule has 2 aromatic rings. The lowest BCUT2D eigenvalue weighted by Gasteiger charge is -2.24. The second kappa shape index (κ2) is 5.16. The summed E-state index contributed by atoms with van der Waals surface area (Å²) in [6.45, 7) is 2.72. The fourth-order valence-electron chi connectivity index (χ4n) is 2.69. The number of H-pyrrole nitrogens is 1. The Bertz CT molecular complexity index is 774. The minimum absolute atomic E-state index is 0.0648. The first-order valence-electron chi connectivity index (χ1n) is 6.71. The molecule has 1 aliphatic rings. The molecule has 0 aliphatic carbocycles. The fraction of sp³-hybridized carbons (Fsp3) is 0.333. The second-order valence-corrected chi connectivity index (χ2v) is 5.80. The number of hydrogen-bond acceptors (Lipinski definition) is 3. The zero-order chi connectivity index (χ0) is 15.0. The molecule has 0 amide bonds. The molecule has 1 saturated heterocycles. The van der Waals surface area contributed by atoms with Gasteiger partial charge in [0.05, 0.1) is 17.7 Å². The third-order valence-corrected chi connectivity index (χ3v) is 4.14. The van der Waals surface area contributed by atoms with Crippen molar-refractivity contribution in [2.24, 2.45) is 0 Å². The number of aromatic amines is 1. The van der Waals surface area contributed by atoms with Gasteiger partial charge in [-0.25, -0.2) is 4.79 Å². The Morgan fingerprint density at radius 2 is 2.00 bits per heavy atom. The second-order valence-electron chi connectivity index (χ2n) is 5.43. The van der Waals surface area contributed by atoms with E-state index in [1.165, 1.54) is 4.57 Å². The lowest BCUT2D eigenvalue weighted by atomic mass is 10.0. The normalized spacial score (nSPS) is 21.6. The molecule has 0 radical (unpaired) electrons. The molecule has 0 saturated carbocycles. The van der Waals surface area contributed by atoms with E-state index in [4.69, 9.17) is 16.3 Å². The van der Waals surface area contributed by atoms with E-state index in [-0.39, 0.29) is 10.7 Å². The molecule has 1 N–H and O–H groups in total. The van der Waals surface area contributed by atoms with E-state index < -0.39 is 11.2 Å². The molecule has 1 aromatic carbocycles. The van der Waals surface area contributed by atoms with E-state index in [1.54, 1.807) is 12.1 Å². The fourth-order valence-corrected chi connectivity index (χ4v) is 2.96. The third kappa shape index (κ3) is 2.32. The Labute approximate surface area is 126 Å². The molecule has 1 aromatic heterocycles. The summed E-state index contributed by atoms with van der Waals surface area (Å²) in [5.41, 5.74) is -0.538. The van der Waals surface area contributed by atoms with Gasteiger partial charge >= 0.3 is 5.69 Å². The summed E-state index contributed by atoms with van der Waals surface area (Å²) in [5, 5.41) is 0.0648. The van der Waals surface area contributed by atoms with Crippen molar-refractivity contribution < 1.29 is 4.74 Å². The summed E-state index contributed by atoms with van der Waals surface area (Å²) in [7, 11) is 0. The number of benzene rings is 1. The van der Waals surface area contributed by atoms with Crippen LogP contribution in [0.15, 0.2) is 39.9 Å². The molecule has 3 rings (SSSR count). The van der Waals surface area contributed by atoms with Crippen molar-refractivity contribution in [2.45, 2.75) is 18.9 Å². The van der Waals surface area contributed by atoms with Crippen molar-refractivity contribution in [1.29, 1.82) is 0 Å². The van der Waals surface area contributed by atoms with Gasteiger partial charge in [-0.15, -0.1) is 0 Å². The highest BCUT2D eigenvalue weighted by atomic mass is 35.5. The number of rotatable bonds is 2. The lowest BCUT2D eigenvalue weighted by Crippen LogP contribution is -2.48. The predicted molar refractivity (Wildman–Crippen MR) is 80.9 cm³/mol. The van der Waals surface area contributed by atoms with Gasteiger partial charge < -0.3 is 4.74 Å². The average molecular weight is 307 g/mol. The molecular weight excluding hydrogens is 292 g/mol. The zero-order valence-corrected chi connectivity index (χ0v) is 12.3. The van der Waals surface area contributed by atoms with Gasteiger partial charge in [-0.2, -0.15) is 0 Å². The van der Waals surface area contributed by atoms with Gasteiger partial charge in [0.15, 0.2) is 0 Å². The lowest BCUT2D eigenvalue weighted by molar-refractivity contribution is 0.158. The van der Waals surface area contributed by atoms with Crippen molar-refractivity contribution in [2.75, 3.05) is 13.2 Å². The van der Waals surface area contributed by atoms with Crippen LogP contribution in [0.2, 0.25) is 5.15 Å². The van der Waals surface area contributed by atoms with Crippen molar-refractivity contribution in [3.8, 4) is 11.1 Å². The monoisotopic (exact) mass is 306 g/mol. The van der Waals surface area contributed by atoms with Gasteiger partial charge in [-0.1, -0.05) is 41.9 Å². The largest absolute Gasteiger partial charge is 0.379 e. The Morgan fingerprint density at radius 1 is 1.29 bits per heavy atom. The quantitative estimate of drug-likeness (QED) is 0.863. The van der Waals surface area contributed by atoms with Crippen LogP contribution in [-0.2, 0) is 10.3 Å². The number of nitrogens with zero attached hydrogens (tertiary/aromatic N) is 1. The topological polar surface area (TPSA) is 64.1 Å². The number of halogens is 1. The maximum absolute atomic E-state index is 12.8. The highest BCUT2D eigenvalue weighted by Gasteiger charge is 2.35. The van der Waals surface area contributed by atoms with E-state index in [9.17, 15) is 9.59 Å². The standard InChI is InChI=1S/C15H15ClN2O3/c1-15(7-8-21-9-15)18-13(19)11(12(16)17-14(18)20)10-5-3-2-4-6-10/h2-6H,7-9H2,1H3,(H,17,20). The van der Waals surface area contributed by atoms with Crippen LogP contribution >= 0.6 is 11.6 Å². The molecule has 1 unspecified atom stereocenters. The SMILES string of the molecule is CC1(n2c(=O)[nH]c(Cl)c(-c3ccccc3)c2=O)CCOC1. The predicted octanol–water partition coefficient (Wildman–Crippen LogP) is 1.99. The van der Waals surface area contributed by atoms with Gasteiger partial charge in [-0.05, 0) is 18.9 Å². The highest BCUT2D eigenvalue weighted by Crippen LogP contribution is 2.26. The smallest absolute Gasteiger partial charge is 0.330 e. The molecule has 0 spiro atoms. The van der Waals surface area contributed by atoms with Crippen molar-refractivity contribution >= 4 is 11.6 Å². The summed E-state index contributed by atoms with van der Waals surface area (Å²) in [6.07, 6.45) is 0.617. The van der Waals surface area contributed by atoms with E-state index in [1.807, 2.05) is 25.1 Å². The highest BCUT2D eigenvalue weighted by molar-refractivity contribution is 6.32. The van der Waals surface area contributed by atoms with Crippen LogP contribution in [-0.4, -0.2) is 22.8 Å². The average Bonchev–Trinajstić information content (AvgIpc) is 2.86.